The lowest BCUT2D eigenvalue weighted by molar-refractivity contribution is -0.746. The Morgan fingerprint density at radius 3 is 1.58 bits per heavy atom. The van der Waals surface area contributed by atoms with E-state index in [4.69, 9.17) is 88.0 Å². The van der Waals surface area contributed by atoms with Gasteiger partial charge in [-0.15, -0.1) is 0 Å². The summed E-state index contributed by atoms with van der Waals surface area (Å²) in [5, 5.41) is 46.1. The molecule has 12 heterocycles. The summed E-state index contributed by atoms with van der Waals surface area (Å²) in [6, 6.07) is 5.72. The topological polar surface area (TPSA) is 767 Å². The van der Waals surface area contributed by atoms with Crippen LogP contribution in [0.15, 0.2) is 70.3 Å². The van der Waals surface area contributed by atoms with Crippen LogP contribution in [0.1, 0.15) is 57.4 Å². The molecule has 4 aliphatic rings. The number of benzene rings is 1. The summed E-state index contributed by atoms with van der Waals surface area (Å²) < 4.78 is 164. The number of nitrogen functional groups attached to an aromatic ring is 4. The number of aryl methyl sites for hydroxylation is 1. The molecule has 10 unspecified atom stereocenters. The first-order chi connectivity index (χ1) is 54.1. The number of nitro benzene ring substituents is 1. The lowest BCUT2D eigenvalue weighted by atomic mass is 9.84. The number of aromatic amines is 3. The molecule has 0 saturated carbocycles. The van der Waals surface area contributed by atoms with Crippen LogP contribution in [0.3, 0.4) is 0 Å². The van der Waals surface area contributed by atoms with E-state index >= 15 is 0 Å². The van der Waals surface area contributed by atoms with Crippen molar-refractivity contribution >= 4 is 113 Å². The molecular formula is C55H73N21O34P5+. The summed E-state index contributed by atoms with van der Waals surface area (Å²) in [6.07, 6.45) is -24.1. The molecule has 55 nitrogen and oxygen atoms in total. The molecule has 0 aliphatic carbocycles. The molecule has 19 N–H and O–H groups in total. The maximum atomic E-state index is 14.6. The predicted molar refractivity (Wildman–Crippen MR) is 377 cm³/mol. The zero-order valence-electron chi connectivity index (χ0n) is 60.0. The van der Waals surface area contributed by atoms with Gasteiger partial charge in [0, 0.05) is 20.3 Å². The van der Waals surface area contributed by atoms with E-state index in [1.165, 1.54) is 40.7 Å². The zero-order valence-corrected chi connectivity index (χ0v) is 64.5. The van der Waals surface area contributed by atoms with E-state index in [9.17, 15) is 87.1 Å². The van der Waals surface area contributed by atoms with Crippen LogP contribution in [0.25, 0.3) is 44.7 Å². The van der Waals surface area contributed by atoms with Crippen molar-refractivity contribution in [3.63, 3.8) is 0 Å². The minimum absolute atomic E-state index is 0.0376. The fourth-order valence-corrected chi connectivity index (χ4v) is 18.7. The predicted octanol–water partition coefficient (Wildman–Crippen LogP) is -1.89. The number of rotatable bonds is 32. The van der Waals surface area contributed by atoms with E-state index < -0.39 is 210 Å². The third-order valence-corrected chi connectivity index (χ3v) is 24.4. The quantitative estimate of drug-likeness (QED) is 0.00721. The van der Waals surface area contributed by atoms with Crippen molar-refractivity contribution in [2.24, 2.45) is 12.5 Å². The summed E-state index contributed by atoms with van der Waals surface area (Å²) in [6.45, 7) is -0.520. The summed E-state index contributed by atoms with van der Waals surface area (Å²) >= 11 is 0. The number of hydrogen-bond acceptors (Lipinski definition) is 41. The van der Waals surface area contributed by atoms with Gasteiger partial charge in [-0.25, -0.2) is 52.3 Å². The van der Waals surface area contributed by atoms with Gasteiger partial charge in [-0.2, -0.15) is 18.6 Å². The highest BCUT2D eigenvalue weighted by Gasteiger charge is 2.57. The molecule has 0 amide bonds. The Hall–Kier alpha value is -8.39. The van der Waals surface area contributed by atoms with Crippen LogP contribution in [0.2, 0.25) is 0 Å². The molecule has 9 aromatic rings. The van der Waals surface area contributed by atoms with Crippen molar-refractivity contribution in [2.75, 3.05) is 70.4 Å². The number of aromatic nitrogens is 16. The standard InChI is InChI=1S/C55H72N21O34P5/c1-55(2,3)39(21-9-7-8-10-22(21)76(83)84)98-20-97-36-32(78)24(104-49(36)75-19-71(4)30-44(75)67-54(59)70-47(30)82)12-101-113(89,90)109-115(93,94)110-114(91,92)102-14-26-35(37(95-5)50(105-26)72-16-62-27-40(56)60-15-61-41(27)72)108-112(87,88)100-13-25-34(38(96-6)51(106-25)74-18-64-29-43(74)66-53(58)69-46(29)81)107-111(85,86)99-11-23-31(77)33(79)48(103-23)73-17-63-28-42(73)65-52(57)68-45(28)80/h7-10,15-19,23-26,31-39,48-51,77-79H,11-14,20H2,1-6H3,(H15-,56,57,58,59,60,61,65,66,67,68,69,70,80,81,82,85,86,87,88,89,90,91,92,93,94)/p+1/t23-,24-,25-,26-,31+,32+,33?,34+,35+,36?,37?,38?,39?,48-,49-,50-,51-/m1/s1. The third kappa shape index (κ3) is 17.6. The minimum atomic E-state index is -6.43. The number of ether oxygens (including phenoxy) is 8. The van der Waals surface area contributed by atoms with Crippen LogP contribution < -0.4 is 44.2 Å². The van der Waals surface area contributed by atoms with Gasteiger partial charge in [-0.05, 0) is 11.5 Å². The van der Waals surface area contributed by atoms with Crippen LogP contribution >= 0.6 is 39.1 Å². The highest BCUT2D eigenvalue weighted by Crippen LogP contribution is 2.68. The number of methoxy groups -OCH3 is 2. The van der Waals surface area contributed by atoms with Crippen molar-refractivity contribution in [3.8, 4) is 0 Å². The number of nitrogens with two attached hydrogens (primary N) is 4. The van der Waals surface area contributed by atoms with E-state index in [0.717, 1.165) is 53.2 Å². The van der Waals surface area contributed by atoms with Gasteiger partial charge in [0.2, 0.25) is 23.6 Å². The first-order valence-corrected chi connectivity index (χ1v) is 40.9. The van der Waals surface area contributed by atoms with Crippen LogP contribution in [0, 0.1) is 15.5 Å². The van der Waals surface area contributed by atoms with Gasteiger partial charge in [-0.3, -0.25) is 84.9 Å². The van der Waals surface area contributed by atoms with Gasteiger partial charge >= 0.3 is 44.8 Å². The summed E-state index contributed by atoms with van der Waals surface area (Å²) in [5.74, 6) is -1.31. The van der Waals surface area contributed by atoms with E-state index in [1.54, 1.807) is 26.8 Å². The maximum Gasteiger partial charge on any atom is 0.490 e. The fraction of sp³-hybridized carbons (Fsp3) is 0.527. The Labute approximate surface area is 640 Å². The van der Waals surface area contributed by atoms with Gasteiger partial charge in [0.15, 0.2) is 58.8 Å². The van der Waals surface area contributed by atoms with E-state index in [2.05, 4.69) is 63.4 Å². The number of aliphatic hydroxyl groups is 3. The van der Waals surface area contributed by atoms with Gasteiger partial charge in [0.1, 0.15) is 91.9 Å². The van der Waals surface area contributed by atoms with Crippen molar-refractivity contribution in [1.82, 2.24) is 73.1 Å². The van der Waals surface area contributed by atoms with Crippen LogP contribution in [0.4, 0.5) is 29.4 Å². The number of nitro groups is 1. The second kappa shape index (κ2) is 32.5. The van der Waals surface area contributed by atoms with Crippen molar-refractivity contribution in [3.05, 3.63) is 103 Å². The molecule has 1 aromatic carbocycles. The monoisotopic (exact) mass is 1730 g/mol. The number of H-pyrrole nitrogens is 3. The molecule has 4 aliphatic heterocycles. The molecule has 22 atom stereocenters. The van der Waals surface area contributed by atoms with Crippen LogP contribution in [-0.4, -0.2) is 238 Å². The average molecular weight is 1730 g/mol. The lowest BCUT2D eigenvalue weighted by Crippen LogP contribution is -2.47. The Kier molecular flexibility index (Phi) is 23.9. The number of phosphoric acid groups is 5. The Balaban J connectivity index is 0.704. The largest absolute Gasteiger partial charge is 0.490 e. The molecule has 115 heavy (non-hydrogen) atoms. The molecular weight excluding hydrogens is 1650 g/mol. The molecule has 60 heteroatoms. The minimum Gasteiger partial charge on any atom is -0.387 e. The first-order valence-electron chi connectivity index (χ1n) is 33.4. The van der Waals surface area contributed by atoms with Crippen LogP contribution in [-0.2, 0) is 104 Å². The molecule has 0 spiro atoms. The molecule has 0 radical (unpaired) electrons. The van der Waals surface area contributed by atoms with Crippen LogP contribution in [0.5, 0.6) is 0 Å². The van der Waals surface area contributed by atoms with Gasteiger partial charge in [0.05, 0.1) is 69.0 Å². The van der Waals surface area contributed by atoms with E-state index in [1.807, 2.05) is 0 Å². The number of nitrogens with one attached hydrogen (secondary N) is 3. The fourth-order valence-electron chi connectivity index (χ4n) is 13.2. The maximum absolute atomic E-state index is 14.6. The SMILES string of the molecule is COC1[C@@H](OP(=O)(O)OC[C@H]2O[C@@H](n3cnc4c(=O)[nH]c(N)nc43)C(OC)[C@H]2OP(=O)(O)OC[C@H]2O[C@@H](n3cnc4c(=O)[nH]c(N)nc43)C(O)[C@H]2O)[C@@H](COP(=O)(O)OP(=O)(O)OP(=O)(O)OC[C@H]2O[C@@H]([n+]3cn(C)c4c(=O)[nH]c(N)nc43)C(OCOC(c3ccccc3[N+](=O)[O-])C(C)(C)C)[C@H]2O)O[C@H]1n1cnc2c(N)ncnc21. The molecule has 8 aromatic heterocycles. The van der Waals surface area contributed by atoms with Crippen molar-refractivity contribution in [2.45, 2.75) is 125 Å². The molecule has 13 rings (SSSR count). The number of aliphatic hydroxyl groups excluding tert-OH is 3. The normalized spacial score (nSPS) is 28.3. The number of fused-ring (bicyclic) bond motifs is 4. The molecule has 0 bridgehead atoms. The number of hydrogen-bond donors (Lipinski definition) is 15. The molecule has 4 saturated heterocycles. The Bertz CT molecular complexity index is 5610. The average Bonchev–Trinajstić information content (AvgIpc) is 1.61. The van der Waals surface area contributed by atoms with Crippen molar-refractivity contribution in [1.29, 1.82) is 0 Å². The first kappa shape index (κ1) is 84.5. The molecule has 4 fully saturated rings. The third-order valence-electron chi connectivity index (χ3n) is 18.2. The summed E-state index contributed by atoms with van der Waals surface area (Å²) in [4.78, 5) is 145. The number of anilines is 4. The second-order valence-corrected chi connectivity index (χ2v) is 34.3. The Morgan fingerprint density at radius 1 is 0.583 bits per heavy atom. The lowest BCUT2D eigenvalue weighted by Gasteiger charge is -2.31. The van der Waals surface area contributed by atoms with E-state index in [-0.39, 0.29) is 73.6 Å². The Morgan fingerprint density at radius 2 is 1.05 bits per heavy atom. The van der Waals surface area contributed by atoms with E-state index in [0.29, 0.717) is 0 Å². The van der Waals surface area contributed by atoms with Crippen molar-refractivity contribution < 1.29 is 146 Å². The number of nitrogens with zero attached hydrogens (tertiary/aromatic N) is 14. The van der Waals surface area contributed by atoms with Gasteiger partial charge < -0.3 is 101 Å². The molecule has 626 valence electrons. The van der Waals surface area contributed by atoms with Gasteiger partial charge in [0.25, 0.3) is 28.3 Å². The highest BCUT2D eigenvalue weighted by atomic mass is 31.3. The second-order valence-electron chi connectivity index (χ2n) is 26.8. The summed E-state index contributed by atoms with van der Waals surface area (Å²) in [5.41, 5.74) is 18.8. The number of para-hydroxylation sites is 1. The van der Waals surface area contributed by atoms with Gasteiger partial charge in [-0.1, -0.05) is 37.9 Å². The summed E-state index contributed by atoms with van der Waals surface area (Å²) in [7, 11) is -26.6. The smallest absolute Gasteiger partial charge is 0.387 e. The highest BCUT2D eigenvalue weighted by molar-refractivity contribution is 7.66. The zero-order chi connectivity index (χ0) is 83.1. The number of phosphoric ester groups is 4. The number of imidazole rings is 4.